The maximum absolute atomic E-state index is 12.4. The molecule has 0 spiro atoms. The van der Waals surface area contributed by atoms with Crippen LogP contribution in [0.1, 0.15) is 19.8 Å². The van der Waals surface area contributed by atoms with Crippen LogP contribution in [-0.2, 0) is 15.1 Å². The second kappa shape index (κ2) is 4.60. The van der Waals surface area contributed by atoms with Crippen molar-refractivity contribution in [3.63, 3.8) is 0 Å². The van der Waals surface area contributed by atoms with Crippen molar-refractivity contribution in [2.45, 2.75) is 25.3 Å². The fourth-order valence-electron chi connectivity index (χ4n) is 3.23. The van der Waals surface area contributed by atoms with Gasteiger partial charge in [0.1, 0.15) is 10.9 Å². The average molecular weight is 344 g/mol. The molecule has 1 aromatic carbocycles. The van der Waals surface area contributed by atoms with Crippen molar-refractivity contribution >= 4 is 39.9 Å². The van der Waals surface area contributed by atoms with Crippen LogP contribution in [0.4, 0.5) is 0 Å². The Labute approximate surface area is 140 Å². The Morgan fingerprint density at radius 3 is 2.71 bits per heavy atom. The first-order chi connectivity index (χ1) is 11.3. The van der Waals surface area contributed by atoms with Gasteiger partial charge in [0.25, 0.3) is 5.91 Å². The van der Waals surface area contributed by atoms with Crippen molar-refractivity contribution in [1.82, 2.24) is 9.88 Å². The number of rotatable bonds is 1. The van der Waals surface area contributed by atoms with Gasteiger partial charge in [-0.05, 0) is 37.7 Å². The molecule has 2 aromatic rings. The van der Waals surface area contributed by atoms with E-state index in [9.17, 15) is 19.8 Å². The van der Waals surface area contributed by atoms with E-state index in [1.807, 2.05) is 0 Å². The van der Waals surface area contributed by atoms with Crippen LogP contribution in [0.2, 0.25) is 0 Å². The van der Waals surface area contributed by atoms with Crippen LogP contribution >= 0.6 is 12.2 Å². The first-order valence-corrected chi connectivity index (χ1v) is 7.65. The number of hydrogen-bond acceptors (Lipinski definition) is 5. The molecule has 0 aliphatic carbocycles. The van der Waals surface area contributed by atoms with Gasteiger partial charge in [0.2, 0.25) is 22.8 Å². The van der Waals surface area contributed by atoms with E-state index in [0.29, 0.717) is 16.1 Å². The Morgan fingerprint density at radius 1 is 1.25 bits per heavy atom. The fraction of sp³-hybridized carbons (Fsp3) is 0.267. The second-order valence-corrected chi connectivity index (χ2v) is 6.36. The van der Waals surface area contributed by atoms with Gasteiger partial charge in [-0.25, -0.2) is 9.98 Å². The topological polar surface area (TPSA) is 116 Å². The van der Waals surface area contributed by atoms with Crippen LogP contribution in [0.3, 0.4) is 0 Å². The van der Waals surface area contributed by atoms with Crippen molar-refractivity contribution < 1.29 is 19.8 Å². The van der Waals surface area contributed by atoms with Crippen molar-refractivity contribution in [3.05, 3.63) is 22.8 Å². The lowest BCUT2D eigenvalue weighted by Crippen LogP contribution is -2.52. The number of piperidine rings is 1. The van der Waals surface area contributed by atoms with Crippen molar-refractivity contribution in [2.75, 3.05) is 0 Å². The fourth-order valence-corrected chi connectivity index (χ4v) is 3.42. The number of nitrogens with zero attached hydrogens (tertiary/aromatic N) is 3. The Bertz CT molecular complexity index is 1090. The van der Waals surface area contributed by atoms with Gasteiger partial charge in [-0.1, -0.05) is 0 Å². The summed E-state index contributed by atoms with van der Waals surface area (Å²) in [6.07, 6.45) is 0.263. The first kappa shape index (κ1) is 14.8. The number of hydrogen-bond donors (Lipinski definition) is 3. The van der Waals surface area contributed by atoms with Crippen molar-refractivity contribution in [2.24, 2.45) is 9.98 Å². The zero-order valence-electron chi connectivity index (χ0n) is 12.5. The largest absolute Gasteiger partial charge is 0.494 e. The summed E-state index contributed by atoms with van der Waals surface area (Å²) in [5.74, 6) is -1.55. The number of nitrogens with one attached hydrogen (secondary N) is 1. The molecule has 1 saturated heterocycles. The number of benzene rings is 1. The van der Waals surface area contributed by atoms with E-state index in [0.717, 1.165) is 4.57 Å². The SMILES string of the molecule is CC1(n2c(O)c3ccc4c(c3c2O)=NC(=S)N=4)CCC(=O)NC1=O. The van der Waals surface area contributed by atoms with Crippen molar-refractivity contribution in [3.8, 4) is 11.8 Å². The van der Waals surface area contributed by atoms with Gasteiger partial charge in [0.15, 0.2) is 0 Å². The van der Waals surface area contributed by atoms with E-state index in [2.05, 4.69) is 15.3 Å². The molecule has 122 valence electrons. The summed E-state index contributed by atoms with van der Waals surface area (Å²) in [7, 11) is 0. The summed E-state index contributed by atoms with van der Waals surface area (Å²) in [4.78, 5) is 32.0. The van der Waals surface area contributed by atoms with Crippen LogP contribution in [0.5, 0.6) is 11.8 Å². The highest BCUT2D eigenvalue weighted by Gasteiger charge is 2.44. The molecule has 9 heteroatoms. The van der Waals surface area contributed by atoms with E-state index in [-0.39, 0.29) is 41.0 Å². The molecule has 24 heavy (non-hydrogen) atoms. The van der Waals surface area contributed by atoms with E-state index in [1.54, 1.807) is 19.1 Å². The highest BCUT2D eigenvalue weighted by molar-refractivity contribution is 7.80. The lowest BCUT2D eigenvalue weighted by atomic mass is 9.90. The van der Waals surface area contributed by atoms with Crippen LogP contribution in [-0.4, -0.2) is 31.7 Å². The first-order valence-electron chi connectivity index (χ1n) is 7.24. The zero-order valence-corrected chi connectivity index (χ0v) is 13.3. The van der Waals surface area contributed by atoms with Gasteiger partial charge < -0.3 is 10.2 Å². The molecule has 1 atom stereocenters. The molecule has 0 bridgehead atoms. The van der Waals surface area contributed by atoms with Gasteiger partial charge in [0, 0.05) is 11.8 Å². The Morgan fingerprint density at radius 2 is 2.00 bits per heavy atom. The summed E-state index contributed by atoms with van der Waals surface area (Å²) in [6, 6.07) is 3.22. The third-order valence-corrected chi connectivity index (χ3v) is 4.73. The minimum Gasteiger partial charge on any atom is -0.494 e. The highest BCUT2D eigenvalue weighted by atomic mass is 32.1. The molecule has 1 unspecified atom stereocenters. The number of thiocarbonyl (C=S) groups is 1. The summed E-state index contributed by atoms with van der Waals surface area (Å²) in [5.41, 5.74) is -1.30. The van der Waals surface area contributed by atoms with Gasteiger partial charge >= 0.3 is 0 Å². The van der Waals surface area contributed by atoms with Crippen LogP contribution in [0.25, 0.3) is 10.8 Å². The summed E-state index contributed by atoms with van der Waals surface area (Å²) >= 11 is 4.96. The molecule has 8 nitrogen and oxygen atoms in total. The third kappa shape index (κ3) is 1.75. The van der Waals surface area contributed by atoms with Crippen molar-refractivity contribution in [1.29, 1.82) is 0 Å². The normalized spacial score (nSPS) is 23.0. The Hall–Kier alpha value is -2.81. The van der Waals surface area contributed by atoms with Gasteiger partial charge in [-0.15, -0.1) is 0 Å². The number of imide groups is 1. The molecular weight excluding hydrogens is 332 g/mol. The Balaban J connectivity index is 2.06. The number of fused-ring (bicyclic) bond motifs is 3. The maximum Gasteiger partial charge on any atom is 0.252 e. The van der Waals surface area contributed by atoms with Crippen LogP contribution in [0.15, 0.2) is 22.1 Å². The predicted octanol–water partition coefficient (Wildman–Crippen LogP) is -0.258. The molecule has 1 aromatic heterocycles. The van der Waals surface area contributed by atoms with Gasteiger partial charge in [-0.2, -0.15) is 0 Å². The van der Waals surface area contributed by atoms with E-state index in [1.165, 1.54) is 0 Å². The lowest BCUT2D eigenvalue weighted by Gasteiger charge is -2.33. The molecule has 2 aliphatic rings. The maximum atomic E-state index is 12.4. The monoisotopic (exact) mass is 344 g/mol. The molecule has 0 radical (unpaired) electrons. The number of amides is 2. The smallest absolute Gasteiger partial charge is 0.252 e. The molecule has 3 heterocycles. The molecule has 4 rings (SSSR count). The predicted molar refractivity (Wildman–Crippen MR) is 86.2 cm³/mol. The highest BCUT2D eigenvalue weighted by Crippen LogP contribution is 2.41. The molecule has 2 amide bonds. The van der Waals surface area contributed by atoms with E-state index in [4.69, 9.17) is 12.2 Å². The molecule has 2 aliphatic heterocycles. The minimum atomic E-state index is -1.30. The molecule has 0 saturated carbocycles. The van der Waals surface area contributed by atoms with Gasteiger partial charge in [-0.3, -0.25) is 19.5 Å². The number of carbonyl (C=O) groups is 2. The van der Waals surface area contributed by atoms with E-state index < -0.39 is 11.4 Å². The quantitative estimate of drug-likeness (QED) is 0.487. The summed E-state index contributed by atoms with van der Waals surface area (Å²) < 4.78 is 1.14. The Kier molecular flexibility index (Phi) is 2.83. The van der Waals surface area contributed by atoms with E-state index >= 15 is 0 Å². The van der Waals surface area contributed by atoms with Crippen LogP contribution < -0.4 is 16.0 Å². The van der Waals surface area contributed by atoms with Gasteiger partial charge in [0.05, 0.1) is 10.7 Å². The number of aromatic hydroxyl groups is 2. The third-order valence-electron chi connectivity index (χ3n) is 4.54. The average Bonchev–Trinajstić information content (AvgIpc) is 3.01. The number of aromatic nitrogens is 1. The molecule has 1 fully saturated rings. The standard InChI is InChI=1S/C15H12N4O4S/c1-15(5-4-8(20)17-13(15)23)19-11(21)6-2-3-7-10(9(6)12(19)22)18-14(24)16-7/h2-3,21-22H,4-5H2,1H3,(H,17,20,23). The zero-order chi connectivity index (χ0) is 17.2. The number of carbonyl (C=O) groups excluding carboxylic acids is 2. The lowest BCUT2D eigenvalue weighted by molar-refractivity contribution is -0.140. The second-order valence-electron chi connectivity index (χ2n) is 6.00. The van der Waals surface area contributed by atoms with Crippen LogP contribution in [0, 0.1) is 0 Å². The summed E-state index contributed by atoms with van der Waals surface area (Å²) in [5, 5.41) is 25.2. The molecule has 3 N–H and O–H groups in total. The summed E-state index contributed by atoms with van der Waals surface area (Å²) in [6.45, 7) is 1.56. The molecular formula is C15H12N4O4S. The minimum absolute atomic E-state index is 0.109.